The standard InChI is InChI=1S/C22H23ClO5/c1-4-6-7-12-8-9-14-19(27-12)16-13(5-2)18(23)22(25)28-21(16)17-15(24)10-11(3)26-20(14)17/h8-9,11-12H,4-7,10H2,1-3H3. The number of hydrogen-bond donors (Lipinski definition) is 0. The van der Waals surface area contributed by atoms with E-state index < -0.39 is 5.63 Å². The first-order chi connectivity index (χ1) is 13.5. The molecule has 4 rings (SSSR count). The number of Topliss-reactive ketones (excluding diaryl/α,β-unsaturated/α-hetero) is 1. The van der Waals surface area contributed by atoms with E-state index in [2.05, 4.69) is 6.92 Å². The fourth-order valence-electron chi connectivity index (χ4n) is 3.99. The highest BCUT2D eigenvalue weighted by atomic mass is 35.5. The molecule has 0 aliphatic carbocycles. The highest BCUT2D eigenvalue weighted by Gasteiger charge is 2.35. The van der Waals surface area contributed by atoms with E-state index in [0.717, 1.165) is 24.8 Å². The first-order valence-corrected chi connectivity index (χ1v) is 10.2. The number of rotatable bonds is 4. The van der Waals surface area contributed by atoms with Crippen molar-refractivity contribution in [2.75, 3.05) is 0 Å². The van der Waals surface area contributed by atoms with Crippen LogP contribution in [0.1, 0.15) is 67.9 Å². The van der Waals surface area contributed by atoms with E-state index in [1.54, 1.807) is 0 Å². The SMILES string of the molecule is CCCCC1C=Cc2c3c(c4oc(=O)c(Cl)c(CC)c4c2O1)C(=O)CC(C)O3. The number of ether oxygens (including phenoxy) is 2. The first-order valence-electron chi connectivity index (χ1n) is 9.86. The Hall–Kier alpha value is -2.27. The summed E-state index contributed by atoms with van der Waals surface area (Å²) in [6.45, 7) is 5.90. The van der Waals surface area contributed by atoms with E-state index in [1.807, 2.05) is 26.0 Å². The highest BCUT2D eigenvalue weighted by Crippen LogP contribution is 2.48. The van der Waals surface area contributed by atoms with E-state index in [-0.39, 0.29) is 35.0 Å². The molecule has 0 fully saturated rings. The normalized spacial score (nSPS) is 20.5. The van der Waals surface area contributed by atoms with Crippen LogP contribution in [0.3, 0.4) is 0 Å². The molecule has 5 nitrogen and oxygen atoms in total. The Morgan fingerprint density at radius 1 is 1.18 bits per heavy atom. The molecule has 6 heteroatoms. The van der Waals surface area contributed by atoms with Crippen LogP contribution in [0.4, 0.5) is 0 Å². The lowest BCUT2D eigenvalue weighted by Gasteiger charge is -2.30. The molecule has 2 unspecified atom stereocenters. The van der Waals surface area contributed by atoms with Gasteiger partial charge in [0.05, 0.1) is 10.9 Å². The molecule has 0 saturated heterocycles. The third-order valence-corrected chi connectivity index (χ3v) is 5.73. The minimum atomic E-state index is -0.645. The van der Waals surface area contributed by atoms with Gasteiger partial charge in [0.25, 0.3) is 0 Å². The average molecular weight is 403 g/mol. The maximum Gasteiger partial charge on any atom is 0.355 e. The van der Waals surface area contributed by atoms with Crippen LogP contribution in [0.2, 0.25) is 5.02 Å². The third kappa shape index (κ3) is 2.93. The Morgan fingerprint density at radius 3 is 2.68 bits per heavy atom. The van der Waals surface area contributed by atoms with Crippen molar-refractivity contribution >= 4 is 34.4 Å². The summed E-state index contributed by atoms with van der Waals surface area (Å²) in [4.78, 5) is 25.2. The molecule has 0 N–H and O–H groups in total. The number of carbonyl (C=O) groups excluding carboxylic acids is 1. The van der Waals surface area contributed by atoms with Gasteiger partial charge < -0.3 is 13.9 Å². The highest BCUT2D eigenvalue weighted by molar-refractivity contribution is 6.32. The molecule has 2 aromatic rings. The zero-order valence-corrected chi connectivity index (χ0v) is 17.0. The number of hydrogen-bond acceptors (Lipinski definition) is 5. The lowest BCUT2D eigenvalue weighted by atomic mass is 9.91. The number of unbranched alkanes of at least 4 members (excludes halogenated alkanes) is 1. The van der Waals surface area contributed by atoms with Gasteiger partial charge in [0.2, 0.25) is 0 Å². The number of halogens is 1. The molecule has 3 heterocycles. The molecule has 0 bridgehead atoms. The Labute approximate surface area is 168 Å². The molecule has 28 heavy (non-hydrogen) atoms. The van der Waals surface area contributed by atoms with Crippen molar-refractivity contribution in [3.63, 3.8) is 0 Å². The summed E-state index contributed by atoms with van der Waals surface area (Å²) >= 11 is 6.28. The summed E-state index contributed by atoms with van der Waals surface area (Å²) in [5.41, 5.74) is 1.25. The van der Waals surface area contributed by atoms with Crippen molar-refractivity contribution < 1.29 is 18.7 Å². The lowest BCUT2D eigenvalue weighted by Crippen LogP contribution is -2.27. The largest absolute Gasteiger partial charge is 0.489 e. The van der Waals surface area contributed by atoms with Gasteiger partial charge in [-0.3, -0.25) is 4.79 Å². The fourth-order valence-corrected chi connectivity index (χ4v) is 4.26. The Kier molecular flexibility index (Phi) is 4.96. The van der Waals surface area contributed by atoms with Crippen LogP contribution in [0.5, 0.6) is 11.5 Å². The van der Waals surface area contributed by atoms with Crippen LogP contribution >= 0.6 is 11.6 Å². The zero-order valence-electron chi connectivity index (χ0n) is 16.3. The summed E-state index contributed by atoms with van der Waals surface area (Å²) in [5.74, 6) is 0.918. The van der Waals surface area contributed by atoms with Gasteiger partial charge in [0.15, 0.2) is 11.4 Å². The van der Waals surface area contributed by atoms with Crippen molar-refractivity contribution in [3.05, 3.63) is 38.2 Å². The van der Waals surface area contributed by atoms with Gasteiger partial charge in [0.1, 0.15) is 34.3 Å². The molecule has 0 spiro atoms. The first kappa shape index (κ1) is 19.1. The second-order valence-electron chi connectivity index (χ2n) is 7.40. The molecule has 0 amide bonds. The quantitative estimate of drug-likeness (QED) is 0.647. The van der Waals surface area contributed by atoms with Crippen molar-refractivity contribution in [1.29, 1.82) is 0 Å². The second kappa shape index (κ2) is 7.28. The van der Waals surface area contributed by atoms with Gasteiger partial charge in [-0.15, -0.1) is 0 Å². The fraction of sp³-hybridized carbons (Fsp3) is 0.455. The minimum Gasteiger partial charge on any atom is -0.489 e. The van der Waals surface area contributed by atoms with E-state index in [0.29, 0.717) is 34.4 Å². The van der Waals surface area contributed by atoms with E-state index in [4.69, 9.17) is 25.5 Å². The Balaban J connectivity index is 2.07. The zero-order chi connectivity index (χ0) is 20.0. The van der Waals surface area contributed by atoms with Gasteiger partial charge in [-0.05, 0) is 43.9 Å². The number of fused-ring (bicyclic) bond motifs is 6. The molecule has 0 radical (unpaired) electrons. The van der Waals surface area contributed by atoms with E-state index in [1.165, 1.54) is 0 Å². The summed E-state index contributed by atoms with van der Waals surface area (Å²) in [6, 6.07) is 0. The Bertz CT molecular complexity index is 1050. The maximum atomic E-state index is 12.9. The van der Waals surface area contributed by atoms with Crippen LogP contribution in [0, 0.1) is 0 Å². The molecule has 2 aliphatic rings. The molecular weight excluding hydrogens is 380 g/mol. The van der Waals surface area contributed by atoms with E-state index in [9.17, 15) is 9.59 Å². The molecule has 2 aliphatic heterocycles. The topological polar surface area (TPSA) is 65.7 Å². The minimum absolute atomic E-state index is 0.0398. The Morgan fingerprint density at radius 2 is 1.96 bits per heavy atom. The van der Waals surface area contributed by atoms with Gasteiger partial charge in [-0.2, -0.15) is 0 Å². The van der Waals surface area contributed by atoms with Gasteiger partial charge >= 0.3 is 5.63 Å². The average Bonchev–Trinajstić information content (AvgIpc) is 2.67. The monoisotopic (exact) mass is 402 g/mol. The summed E-state index contributed by atoms with van der Waals surface area (Å²) in [5, 5.41) is 0.649. The molecule has 148 valence electrons. The van der Waals surface area contributed by atoms with Crippen LogP contribution in [0.15, 0.2) is 15.3 Å². The molecule has 1 aromatic carbocycles. The van der Waals surface area contributed by atoms with Crippen LogP contribution in [-0.4, -0.2) is 18.0 Å². The van der Waals surface area contributed by atoms with Crippen molar-refractivity contribution in [1.82, 2.24) is 0 Å². The second-order valence-corrected chi connectivity index (χ2v) is 7.78. The van der Waals surface area contributed by atoms with Crippen LogP contribution in [0.25, 0.3) is 17.0 Å². The summed E-state index contributed by atoms with van der Waals surface area (Å²) in [7, 11) is 0. The number of aryl methyl sites for hydroxylation is 1. The number of carbonyl (C=O) groups is 1. The predicted molar refractivity (Wildman–Crippen MR) is 109 cm³/mol. The smallest absolute Gasteiger partial charge is 0.355 e. The number of ketones is 1. The summed E-state index contributed by atoms with van der Waals surface area (Å²) < 4.78 is 17.9. The van der Waals surface area contributed by atoms with Crippen LogP contribution < -0.4 is 15.1 Å². The maximum absolute atomic E-state index is 12.9. The molecule has 2 atom stereocenters. The summed E-state index contributed by atoms with van der Waals surface area (Å²) in [6.07, 6.45) is 7.37. The molecular formula is C22H23ClO5. The van der Waals surface area contributed by atoms with Gasteiger partial charge in [0, 0.05) is 6.42 Å². The third-order valence-electron chi connectivity index (χ3n) is 5.35. The van der Waals surface area contributed by atoms with Crippen LogP contribution in [-0.2, 0) is 6.42 Å². The van der Waals surface area contributed by atoms with Crippen molar-refractivity contribution in [2.24, 2.45) is 0 Å². The van der Waals surface area contributed by atoms with Crippen molar-refractivity contribution in [3.8, 4) is 11.5 Å². The van der Waals surface area contributed by atoms with Gasteiger partial charge in [-0.1, -0.05) is 31.9 Å². The molecule has 0 saturated carbocycles. The number of benzene rings is 1. The van der Waals surface area contributed by atoms with E-state index >= 15 is 0 Å². The van der Waals surface area contributed by atoms with Crippen molar-refractivity contribution in [2.45, 2.75) is 65.1 Å². The van der Waals surface area contributed by atoms with Gasteiger partial charge in [-0.25, -0.2) is 4.79 Å². The lowest BCUT2D eigenvalue weighted by molar-refractivity contribution is 0.0870. The molecule has 1 aromatic heterocycles. The predicted octanol–water partition coefficient (Wildman–Crippen LogP) is 5.33.